The third-order valence-corrected chi connectivity index (χ3v) is 12.2. The molecular weight excluding hydrogens is 807 g/mol. The molecule has 0 saturated carbocycles. The SMILES string of the molecule is CCOC(=O)OC(C)OC(=O)C(=O)N1CCC(N2CCN(C(=O)[C@@H](Cc3cc(C)c4c(c3)oc(=O)n4C)OC(=O)N3CCC(N4CCc5ccccc5NC4=O)CC3)CC2)CC1. The van der Waals surface area contributed by atoms with Crippen molar-refractivity contribution in [2.45, 2.75) is 83.8 Å². The second kappa shape index (κ2) is 19.3. The van der Waals surface area contributed by atoms with Crippen LogP contribution in [-0.2, 0) is 53.2 Å². The summed E-state index contributed by atoms with van der Waals surface area (Å²) in [6.07, 6.45) is -0.945. The topological polar surface area (TPSA) is 203 Å². The molecule has 0 spiro atoms. The van der Waals surface area contributed by atoms with Crippen molar-refractivity contribution in [3.63, 3.8) is 0 Å². The second-order valence-corrected chi connectivity index (χ2v) is 16.2. The van der Waals surface area contributed by atoms with Crippen molar-refractivity contribution in [1.29, 1.82) is 0 Å². The predicted octanol–water partition coefficient (Wildman–Crippen LogP) is 3.24. The number of carbonyl (C=O) groups is 6. The smallest absolute Gasteiger partial charge is 0.436 e. The zero-order chi connectivity index (χ0) is 44.1. The number of aryl methyl sites for hydroxylation is 2. The first-order chi connectivity index (χ1) is 29.8. The maximum atomic E-state index is 14.3. The molecule has 3 fully saturated rings. The molecule has 3 aromatic rings. The highest BCUT2D eigenvalue weighted by Gasteiger charge is 2.38. The van der Waals surface area contributed by atoms with Gasteiger partial charge in [0.05, 0.1) is 12.1 Å². The van der Waals surface area contributed by atoms with Crippen LogP contribution in [0.1, 0.15) is 56.2 Å². The van der Waals surface area contributed by atoms with Gasteiger partial charge in [-0.05, 0) is 74.8 Å². The summed E-state index contributed by atoms with van der Waals surface area (Å²) in [5, 5.41) is 3.03. The Morgan fingerprint density at radius 1 is 0.823 bits per heavy atom. The molecule has 334 valence electrons. The van der Waals surface area contributed by atoms with Crippen LogP contribution in [0.2, 0.25) is 0 Å². The van der Waals surface area contributed by atoms with E-state index in [2.05, 4.69) is 15.0 Å². The number of likely N-dealkylation sites (tertiary alicyclic amines) is 2. The summed E-state index contributed by atoms with van der Waals surface area (Å²) >= 11 is 0. The third kappa shape index (κ3) is 9.98. The molecule has 2 aromatic carbocycles. The molecule has 0 bridgehead atoms. The Hall–Kier alpha value is -6.11. The van der Waals surface area contributed by atoms with Crippen molar-refractivity contribution in [1.82, 2.24) is 29.1 Å². The Labute approximate surface area is 358 Å². The van der Waals surface area contributed by atoms with Gasteiger partial charge in [-0.2, -0.15) is 0 Å². The first-order valence-corrected chi connectivity index (χ1v) is 21.4. The van der Waals surface area contributed by atoms with E-state index in [9.17, 15) is 33.6 Å². The molecule has 7 rings (SSSR count). The average molecular weight is 862 g/mol. The van der Waals surface area contributed by atoms with Gasteiger partial charge in [-0.15, -0.1) is 0 Å². The molecule has 4 aliphatic heterocycles. The molecule has 1 unspecified atom stereocenters. The number of oxazole rings is 1. The van der Waals surface area contributed by atoms with Crippen LogP contribution in [0.4, 0.5) is 20.1 Å². The third-order valence-electron chi connectivity index (χ3n) is 12.2. The summed E-state index contributed by atoms with van der Waals surface area (Å²) in [6, 6.07) is 11.2. The van der Waals surface area contributed by atoms with E-state index >= 15 is 0 Å². The fraction of sp³-hybridized carbons (Fsp3) is 0.558. The number of fused-ring (bicyclic) bond motifs is 2. The molecule has 0 aliphatic carbocycles. The Bertz CT molecular complexity index is 2220. The molecule has 5 heterocycles. The van der Waals surface area contributed by atoms with E-state index < -0.39 is 42.3 Å². The number of hydrogen-bond acceptors (Lipinski definition) is 13. The first-order valence-electron chi connectivity index (χ1n) is 21.4. The van der Waals surface area contributed by atoms with Crippen LogP contribution < -0.4 is 11.1 Å². The molecular formula is C43H55N7O12. The minimum absolute atomic E-state index is 0.0606. The highest BCUT2D eigenvalue weighted by atomic mass is 16.8. The van der Waals surface area contributed by atoms with Gasteiger partial charge < -0.3 is 48.3 Å². The fourth-order valence-corrected chi connectivity index (χ4v) is 8.97. The van der Waals surface area contributed by atoms with E-state index in [1.165, 1.54) is 16.4 Å². The normalized spacial score (nSPS) is 18.9. The van der Waals surface area contributed by atoms with Crippen LogP contribution in [0.25, 0.3) is 11.1 Å². The van der Waals surface area contributed by atoms with E-state index in [1.807, 2.05) is 42.2 Å². The van der Waals surface area contributed by atoms with Crippen molar-refractivity contribution in [2.75, 3.05) is 70.8 Å². The van der Waals surface area contributed by atoms with Crippen LogP contribution >= 0.6 is 0 Å². The van der Waals surface area contributed by atoms with Gasteiger partial charge in [0, 0.05) is 97.1 Å². The molecule has 19 nitrogen and oxygen atoms in total. The summed E-state index contributed by atoms with van der Waals surface area (Å²) in [4.78, 5) is 99.3. The standard InChI is InChI=1S/C43H55N7O12/c1-5-58-43(57)60-28(3)59-39(53)38(52)47-15-11-31(12-16-47)46-20-22-48(23-21-46)37(51)35(26-29-24-27(2)36-34(25-29)61-41(55)45(36)4)62-42(56)49-17-13-32(14-18-49)50-19-10-30-8-6-7-9-33(30)44-40(50)54/h6-9,24-25,28,31-32,35H,5,10-23,26H2,1-4H3,(H,44,54)/t28?,35-/m1/s1. The van der Waals surface area contributed by atoms with Crippen LogP contribution in [0, 0.1) is 6.92 Å². The number of urea groups is 1. The zero-order valence-electron chi connectivity index (χ0n) is 35.7. The van der Waals surface area contributed by atoms with Crippen LogP contribution in [-0.4, -0.2) is 155 Å². The van der Waals surface area contributed by atoms with Crippen LogP contribution in [0.15, 0.2) is 45.6 Å². The Kier molecular flexibility index (Phi) is 13.7. The number of nitrogens with zero attached hydrogens (tertiary/aromatic N) is 6. The largest absolute Gasteiger partial charge is 0.511 e. The lowest BCUT2D eigenvalue weighted by Gasteiger charge is -2.43. The van der Waals surface area contributed by atoms with E-state index in [1.54, 1.807) is 29.8 Å². The minimum atomic E-state index is -1.29. The number of aromatic nitrogens is 1. The summed E-state index contributed by atoms with van der Waals surface area (Å²) < 4.78 is 27.5. The molecule has 0 radical (unpaired) electrons. The highest BCUT2D eigenvalue weighted by Crippen LogP contribution is 2.27. The number of piperidine rings is 2. The van der Waals surface area contributed by atoms with E-state index in [0.29, 0.717) is 101 Å². The quantitative estimate of drug-likeness (QED) is 0.142. The van der Waals surface area contributed by atoms with Gasteiger partial charge in [-0.25, -0.2) is 24.0 Å². The van der Waals surface area contributed by atoms with Gasteiger partial charge in [-0.1, -0.05) is 24.3 Å². The van der Waals surface area contributed by atoms with Crippen LogP contribution in [0.5, 0.6) is 0 Å². The maximum absolute atomic E-state index is 14.3. The van der Waals surface area contributed by atoms with Gasteiger partial charge in [0.15, 0.2) is 11.7 Å². The number of benzene rings is 2. The molecule has 1 aromatic heterocycles. The van der Waals surface area contributed by atoms with E-state index in [0.717, 1.165) is 23.2 Å². The van der Waals surface area contributed by atoms with Gasteiger partial charge >= 0.3 is 35.9 Å². The Morgan fingerprint density at radius 2 is 1.50 bits per heavy atom. The van der Waals surface area contributed by atoms with Gasteiger partial charge in [0.2, 0.25) is 6.29 Å². The number of piperazine rings is 1. The average Bonchev–Trinajstić information content (AvgIpc) is 3.44. The van der Waals surface area contributed by atoms with Gasteiger partial charge in [0.1, 0.15) is 0 Å². The monoisotopic (exact) mass is 861 g/mol. The summed E-state index contributed by atoms with van der Waals surface area (Å²) in [5.74, 6) is -2.77. The zero-order valence-corrected chi connectivity index (χ0v) is 35.7. The number of anilines is 1. The number of rotatable bonds is 9. The summed E-state index contributed by atoms with van der Waals surface area (Å²) in [5.41, 5.74) is 4.37. The van der Waals surface area contributed by atoms with Gasteiger partial charge in [-0.3, -0.25) is 19.1 Å². The van der Waals surface area contributed by atoms with Crippen molar-refractivity contribution in [3.8, 4) is 0 Å². The van der Waals surface area contributed by atoms with Crippen molar-refractivity contribution in [2.24, 2.45) is 7.05 Å². The van der Waals surface area contributed by atoms with Crippen molar-refractivity contribution < 1.29 is 52.1 Å². The Balaban J connectivity index is 0.949. The number of hydrogen-bond donors (Lipinski definition) is 1. The van der Waals surface area contributed by atoms with E-state index in [-0.39, 0.29) is 37.0 Å². The van der Waals surface area contributed by atoms with Crippen molar-refractivity contribution in [3.05, 3.63) is 63.6 Å². The molecule has 1 N–H and O–H groups in total. The van der Waals surface area contributed by atoms with Crippen LogP contribution in [0.3, 0.4) is 0 Å². The van der Waals surface area contributed by atoms with E-state index in [4.69, 9.17) is 18.6 Å². The molecule has 62 heavy (non-hydrogen) atoms. The number of carbonyl (C=O) groups excluding carboxylic acids is 6. The second-order valence-electron chi connectivity index (χ2n) is 16.2. The summed E-state index contributed by atoms with van der Waals surface area (Å²) in [6.45, 7) is 8.67. The van der Waals surface area contributed by atoms with Crippen molar-refractivity contribution >= 4 is 52.9 Å². The molecule has 2 atom stereocenters. The maximum Gasteiger partial charge on any atom is 0.511 e. The minimum Gasteiger partial charge on any atom is -0.436 e. The number of para-hydroxylation sites is 1. The number of amides is 5. The highest BCUT2D eigenvalue weighted by molar-refractivity contribution is 6.32. The Morgan fingerprint density at radius 3 is 2.21 bits per heavy atom. The fourth-order valence-electron chi connectivity index (χ4n) is 8.97. The lowest BCUT2D eigenvalue weighted by Crippen LogP contribution is -2.57. The van der Waals surface area contributed by atoms with Gasteiger partial charge in [0.25, 0.3) is 5.91 Å². The number of esters is 1. The number of nitrogens with one attached hydrogen (secondary N) is 1. The first kappa shape index (κ1) is 44.0. The molecule has 19 heteroatoms. The summed E-state index contributed by atoms with van der Waals surface area (Å²) in [7, 11) is 1.63. The lowest BCUT2D eigenvalue weighted by molar-refractivity contribution is -0.177. The predicted molar refractivity (Wildman–Crippen MR) is 222 cm³/mol. The molecule has 3 saturated heterocycles. The number of ether oxygens (including phenoxy) is 4. The molecule has 4 aliphatic rings. The lowest BCUT2D eigenvalue weighted by atomic mass is 10.0. The molecule has 5 amide bonds.